The summed E-state index contributed by atoms with van der Waals surface area (Å²) in [6.45, 7) is 7.85. The molecular formula is C14H21ClN4O. The fourth-order valence-electron chi connectivity index (χ4n) is 2.93. The van der Waals surface area contributed by atoms with E-state index in [1.54, 1.807) is 0 Å². The Morgan fingerprint density at radius 3 is 2.85 bits per heavy atom. The lowest BCUT2D eigenvalue weighted by molar-refractivity contribution is 0.0209. The molecule has 1 aromatic heterocycles. The Hall–Kier alpha value is -0.910. The molecule has 0 aliphatic carbocycles. The second-order valence-corrected chi connectivity index (χ2v) is 5.72. The number of aryl methyl sites for hydroxylation is 1. The molecule has 0 saturated carbocycles. The van der Waals surface area contributed by atoms with Gasteiger partial charge in [0.15, 0.2) is 0 Å². The maximum atomic E-state index is 5.86. The van der Waals surface area contributed by atoms with Gasteiger partial charge in [0, 0.05) is 49.7 Å². The number of alkyl halides is 1. The van der Waals surface area contributed by atoms with Gasteiger partial charge in [-0.05, 0) is 13.3 Å². The van der Waals surface area contributed by atoms with Crippen LogP contribution in [0.2, 0.25) is 0 Å². The van der Waals surface area contributed by atoms with Crippen LogP contribution in [0.15, 0.2) is 6.20 Å². The summed E-state index contributed by atoms with van der Waals surface area (Å²) >= 11 is 5.86. The zero-order valence-corrected chi connectivity index (χ0v) is 12.6. The third-order valence-corrected chi connectivity index (χ3v) is 4.51. The minimum absolute atomic E-state index is 0.475. The molecule has 0 radical (unpaired) electrons. The lowest BCUT2D eigenvalue weighted by Crippen LogP contribution is -2.44. The molecule has 0 aromatic carbocycles. The molecular weight excluding hydrogens is 276 g/mol. The van der Waals surface area contributed by atoms with Gasteiger partial charge in [-0.25, -0.2) is 9.97 Å². The second-order valence-electron chi connectivity index (χ2n) is 5.45. The van der Waals surface area contributed by atoms with Gasteiger partial charge in [0.2, 0.25) is 5.95 Å². The molecule has 2 fully saturated rings. The van der Waals surface area contributed by atoms with Crippen molar-refractivity contribution in [3.8, 4) is 0 Å². The smallest absolute Gasteiger partial charge is 0.225 e. The number of morpholine rings is 1. The van der Waals surface area contributed by atoms with E-state index in [2.05, 4.69) is 19.8 Å². The predicted octanol–water partition coefficient (Wildman–Crippen LogP) is 1.43. The summed E-state index contributed by atoms with van der Waals surface area (Å²) in [4.78, 5) is 13.9. The Kier molecular flexibility index (Phi) is 4.38. The zero-order valence-electron chi connectivity index (χ0n) is 11.9. The molecule has 0 N–H and O–H groups in total. The maximum Gasteiger partial charge on any atom is 0.225 e. The molecule has 3 heterocycles. The van der Waals surface area contributed by atoms with Gasteiger partial charge < -0.3 is 9.64 Å². The SMILES string of the molecule is Cc1nc(N2CCC(N3CCOCC3)C2)ncc1CCl. The summed E-state index contributed by atoms with van der Waals surface area (Å²) in [6.07, 6.45) is 3.03. The number of nitrogens with zero attached hydrogens (tertiary/aromatic N) is 4. The van der Waals surface area contributed by atoms with Crippen LogP contribution in [0.5, 0.6) is 0 Å². The average Bonchev–Trinajstić information content (AvgIpc) is 2.98. The fourth-order valence-corrected chi connectivity index (χ4v) is 3.19. The lowest BCUT2D eigenvalue weighted by atomic mass is 10.2. The Morgan fingerprint density at radius 2 is 2.15 bits per heavy atom. The molecule has 0 amide bonds. The molecule has 1 atom stereocenters. The third kappa shape index (κ3) is 2.90. The van der Waals surface area contributed by atoms with Crippen LogP contribution in [0.4, 0.5) is 5.95 Å². The van der Waals surface area contributed by atoms with Crippen molar-refractivity contribution >= 4 is 17.5 Å². The minimum Gasteiger partial charge on any atom is -0.379 e. The number of hydrogen-bond acceptors (Lipinski definition) is 5. The summed E-state index contributed by atoms with van der Waals surface area (Å²) in [5.74, 6) is 1.31. The van der Waals surface area contributed by atoms with Crippen LogP contribution in [0.1, 0.15) is 17.7 Å². The first-order valence-electron chi connectivity index (χ1n) is 7.23. The fraction of sp³-hybridized carbons (Fsp3) is 0.714. The molecule has 0 spiro atoms. The summed E-state index contributed by atoms with van der Waals surface area (Å²) in [7, 11) is 0. The largest absolute Gasteiger partial charge is 0.379 e. The van der Waals surface area contributed by atoms with Crippen molar-refractivity contribution in [2.24, 2.45) is 0 Å². The van der Waals surface area contributed by atoms with Crippen LogP contribution in [-0.2, 0) is 10.6 Å². The molecule has 6 heteroatoms. The van der Waals surface area contributed by atoms with Crippen LogP contribution in [0.25, 0.3) is 0 Å². The van der Waals surface area contributed by atoms with E-state index in [0.717, 1.165) is 56.6 Å². The van der Waals surface area contributed by atoms with Crippen molar-refractivity contribution in [3.63, 3.8) is 0 Å². The van der Waals surface area contributed by atoms with E-state index < -0.39 is 0 Å². The number of anilines is 1. The monoisotopic (exact) mass is 296 g/mol. The predicted molar refractivity (Wildman–Crippen MR) is 79.3 cm³/mol. The minimum atomic E-state index is 0.475. The van der Waals surface area contributed by atoms with Crippen LogP contribution < -0.4 is 4.90 Å². The molecule has 5 nitrogen and oxygen atoms in total. The first-order chi connectivity index (χ1) is 9.78. The Morgan fingerprint density at radius 1 is 1.35 bits per heavy atom. The highest BCUT2D eigenvalue weighted by Crippen LogP contribution is 2.21. The highest BCUT2D eigenvalue weighted by molar-refractivity contribution is 6.17. The quantitative estimate of drug-likeness (QED) is 0.790. The van der Waals surface area contributed by atoms with Crippen molar-refractivity contribution in [1.82, 2.24) is 14.9 Å². The standard InChI is InChI=1S/C14H21ClN4O/c1-11-12(8-15)9-16-14(17-11)19-3-2-13(10-19)18-4-6-20-7-5-18/h9,13H,2-8,10H2,1H3. The van der Waals surface area contributed by atoms with Gasteiger partial charge in [-0.15, -0.1) is 11.6 Å². The molecule has 0 bridgehead atoms. The topological polar surface area (TPSA) is 41.5 Å². The number of ether oxygens (including phenoxy) is 1. The zero-order chi connectivity index (χ0) is 13.9. The molecule has 2 aliphatic heterocycles. The van der Waals surface area contributed by atoms with Gasteiger partial charge in [0.1, 0.15) is 0 Å². The van der Waals surface area contributed by atoms with E-state index in [-0.39, 0.29) is 0 Å². The normalized spacial score (nSPS) is 24.3. The van der Waals surface area contributed by atoms with Crippen molar-refractivity contribution in [1.29, 1.82) is 0 Å². The van der Waals surface area contributed by atoms with Gasteiger partial charge in [-0.3, -0.25) is 4.90 Å². The van der Waals surface area contributed by atoms with Crippen LogP contribution in [0.3, 0.4) is 0 Å². The van der Waals surface area contributed by atoms with Gasteiger partial charge in [-0.2, -0.15) is 0 Å². The summed E-state index contributed by atoms with van der Waals surface area (Å²) in [5, 5.41) is 0. The summed E-state index contributed by atoms with van der Waals surface area (Å²) < 4.78 is 5.42. The van der Waals surface area contributed by atoms with E-state index in [1.165, 1.54) is 6.42 Å². The van der Waals surface area contributed by atoms with Gasteiger partial charge in [0.25, 0.3) is 0 Å². The van der Waals surface area contributed by atoms with E-state index in [0.29, 0.717) is 11.9 Å². The number of hydrogen-bond donors (Lipinski definition) is 0. The number of halogens is 1. The maximum absolute atomic E-state index is 5.86. The Labute approximate surface area is 124 Å². The molecule has 2 aliphatic rings. The average molecular weight is 297 g/mol. The third-order valence-electron chi connectivity index (χ3n) is 4.22. The molecule has 1 aromatic rings. The Bertz CT molecular complexity index is 464. The highest BCUT2D eigenvalue weighted by Gasteiger charge is 2.29. The number of aromatic nitrogens is 2. The summed E-state index contributed by atoms with van der Waals surface area (Å²) in [6, 6.07) is 0.607. The molecule has 1 unspecified atom stereocenters. The first-order valence-corrected chi connectivity index (χ1v) is 7.76. The molecule has 3 rings (SSSR count). The van der Waals surface area contributed by atoms with Crippen LogP contribution >= 0.6 is 11.6 Å². The Balaban J connectivity index is 1.65. The summed E-state index contributed by atoms with van der Waals surface area (Å²) in [5.41, 5.74) is 2.00. The first kappa shape index (κ1) is 14.0. The van der Waals surface area contributed by atoms with Crippen molar-refractivity contribution in [2.45, 2.75) is 25.3 Å². The highest BCUT2D eigenvalue weighted by atomic mass is 35.5. The van der Waals surface area contributed by atoms with Crippen LogP contribution in [-0.4, -0.2) is 60.3 Å². The van der Waals surface area contributed by atoms with Crippen molar-refractivity contribution in [3.05, 3.63) is 17.5 Å². The van der Waals surface area contributed by atoms with E-state index in [9.17, 15) is 0 Å². The van der Waals surface area contributed by atoms with E-state index >= 15 is 0 Å². The van der Waals surface area contributed by atoms with Gasteiger partial charge in [0.05, 0.1) is 19.1 Å². The number of rotatable bonds is 3. The second kappa shape index (κ2) is 6.24. The van der Waals surface area contributed by atoms with E-state index in [4.69, 9.17) is 16.3 Å². The van der Waals surface area contributed by atoms with Crippen molar-refractivity contribution < 1.29 is 4.74 Å². The van der Waals surface area contributed by atoms with Crippen molar-refractivity contribution in [2.75, 3.05) is 44.3 Å². The van der Waals surface area contributed by atoms with Crippen LogP contribution in [0, 0.1) is 6.92 Å². The molecule has 110 valence electrons. The van der Waals surface area contributed by atoms with Gasteiger partial charge in [-0.1, -0.05) is 0 Å². The lowest BCUT2D eigenvalue weighted by Gasteiger charge is -2.32. The van der Waals surface area contributed by atoms with Gasteiger partial charge >= 0.3 is 0 Å². The molecule has 20 heavy (non-hydrogen) atoms. The molecule has 2 saturated heterocycles. The van der Waals surface area contributed by atoms with E-state index in [1.807, 2.05) is 13.1 Å².